The molecule has 0 saturated carbocycles. The summed E-state index contributed by atoms with van der Waals surface area (Å²) in [5.74, 6) is -3.75. The smallest absolute Gasteiger partial charge is 0.257 e. The molecule has 0 fully saturated rings. The van der Waals surface area contributed by atoms with Crippen LogP contribution in [-0.4, -0.2) is 22.8 Å². The maximum atomic E-state index is 13.9. The third-order valence-corrected chi connectivity index (χ3v) is 5.24. The quantitative estimate of drug-likeness (QED) is 0.592. The van der Waals surface area contributed by atoms with E-state index in [0.29, 0.717) is 5.69 Å². The van der Waals surface area contributed by atoms with Gasteiger partial charge in [0.15, 0.2) is 0 Å². The highest BCUT2D eigenvalue weighted by atomic mass is 32.1. The van der Waals surface area contributed by atoms with Crippen LogP contribution in [0, 0.1) is 24.5 Å². The van der Waals surface area contributed by atoms with E-state index >= 15 is 0 Å². The molecule has 3 aromatic rings. The first-order chi connectivity index (χ1) is 14.3. The van der Waals surface area contributed by atoms with E-state index in [-0.39, 0.29) is 5.92 Å². The van der Waals surface area contributed by atoms with E-state index in [1.54, 1.807) is 32.0 Å². The average molecular weight is 429 g/mol. The molecular weight excluding hydrogens is 408 g/mol. The number of benzene rings is 2. The summed E-state index contributed by atoms with van der Waals surface area (Å²) in [5, 5.41) is 8.06. The minimum absolute atomic E-state index is 0.312. The molecule has 5 nitrogen and oxygen atoms in total. The van der Waals surface area contributed by atoms with Crippen molar-refractivity contribution >= 4 is 28.8 Å². The molecule has 1 unspecified atom stereocenters. The Kier molecular flexibility index (Phi) is 6.56. The van der Waals surface area contributed by atoms with Crippen molar-refractivity contribution in [3.63, 3.8) is 0 Å². The van der Waals surface area contributed by atoms with Gasteiger partial charge in [-0.3, -0.25) is 9.59 Å². The van der Waals surface area contributed by atoms with E-state index < -0.39 is 35.1 Å². The predicted molar refractivity (Wildman–Crippen MR) is 113 cm³/mol. The molecule has 0 aliphatic heterocycles. The summed E-state index contributed by atoms with van der Waals surface area (Å²) in [6, 6.07) is 9.34. The maximum Gasteiger partial charge on any atom is 0.257 e. The van der Waals surface area contributed by atoms with Gasteiger partial charge in [-0.2, -0.15) is 0 Å². The number of halogens is 2. The van der Waals surface area contributed by atoms with Gasteiger partial charge in [-0.25, -0.2) is 13.8 Å². The second-order valence-corrected chi connectivity index (χ2v) is 8.18. The van der Waals surface area contributed by atoms with Gasteiger partial charge in [-0.1, -0.05) is 32.0 Å². The van der Waals surface area contributed by atoms with Gasteiger partial charge in [0.05, 0.1) is 10.7 Å². The van der Waals surface area contributed by atoms with Crippen LogP contribution < -0.4 is 10.6 Å². The molecule has 0 radical (unpaired) electrons. The van der Waals surface area contributed by atoms with Crippen LogP contribution in [0.2, 0.25) is 0 Å². The van der Waals surface area contributed by atoms with Crippen molar-refractivity contribution in [2.24, 2.45) is 5.92 Å². The summed E-state index contributed by atoms with van der Waals surface area (Å²) in [6.45, 7) is 5.38. The zero-order chi connectivity index (χ0) is 21.8. The minimum Gasteiger partial charge on any atom is -0.340 e. The van der Waals surface area contributed by atoms with Crippen molar-refractivity contribution in [3.8, 4) is 11.3 Å². The van der Waals surface area contributed by atoms with Gasteiger partial charge in [0.1, 0.15) is 23.2 Å². The molecule has 0 spiro atoms. The lowest BCUT2D eigenvalue weighted by Gasteiger charge is -2.22. The summed E-state index contributed by atoms with van der Waals surface area (Å²) in [7, 11) is 0. The molecule has 8 heteroatoms. The van der Waals surface area contributed by atoms with Crippen LogP contribution in [0.25, 0.3) is 11.3 Å². The normalized spacial score (nSPS) is 11.9. The van der Waals surface area contributed by atoms with E-state index in [9.17, 15) is 18.4 Å². The van der Waals surface area contributed by atoms with Crippen LogP contribution in [0.15, 0.2) is 47.8 Å². The van der Waals surface area contributed by atoms with Crippen molar-refractivity contribution in [2.45, 2.75) is 26.8 Å². The van der Waals surface area contributed by atoms with Gasteiger partial charge in [0.25, 0.3) is 5.91 Å². The summed E-state index contributed by atoms with van der Waals surface area (Å²) in [4.78, 5) is 29.7. The van der Waals surface area contributed by atoms with Crippen molar-refractivity contribution in [2.75, 3.05) is 5.32 Å². The van der Waals surface area contributed by atoms with Crippen molar-refractivity contribution in [1.82, 2.24) is 10.3 Å². The molecule has 2 aromatic carbocycles. The lowest BCUT2D eigenvalue weighted by Crippen LogP contribution is -2.47. The number of carbonyl (C=O) groups excluding carboxylic acids is 2. The van der Waals surface area contributed by atoms with E-state index in [4.69, 9.17) is 0 Å². The highest BCUT2D eigenvalue weighted by Gasteiger charge is 2.27. The minimum atomic E-state index is -0.985. The Balaban J connectivity index is 1.77. The monoisotopic (exact) mass is 429 g/mol. The molecule has 1 heterocycles. The number of hydrogen-bond donors (Lipinski definition) is 2. The van der Waals surface area contributed by atoms with Crippen LogP contribution in [0.1, 0.15) is 29.2 Å². The first kappa shape index (κ1) is 21.6. The number of nitrogens with one attached hydrogen (secondary N) is 2. The number of anilines is 1. The molecule has 0 aliphatic carbocycles. The third kappa shape index (κ3) is 4.88. The fourth-order valence-corrected chi connectivity index (χ4v) is 3.56. The Morgan fingerprint density at radius 3 is 2.33 bits per heavy atom. The predicted octanol–water partition coefficient (Wildman–Crippen LogP) is 4.79. The number of thiazole rings is 1. The summed E-state index contributed by atoms with van der Waals surface area (Å²) >= 11 is 1.53. The Hall–Kier alpha value is -3.13. The third-order valence-electron chi connectivity index (χ3n) is 4.47. The van der Waals surface area contributed by atoms with Crippen LogP contribution in [-0.2, 0) is 4.79 Å². The lowest BCUT2D eigenvalue weighted by molar-refractivity contribution is -0.118. The van der Waals surface area contributed by atoms with E-state index in [0.717, 1.165) is 28.4 Å². The molecule has 2 amide bonds. The molecule has 0 bridgehead atoms. The Bertz CT molecular complexity index is 1060. The summed E-state index contributed by atoms with van der Waals surface area (Å²) in [6.07, 6.45) is 0. The molecule has 156 valence electrons. The van der Waals surface area contributed by atoms with Crippen LogP contribution in [0.3, 0.4) is 0 Å². The van der Waals surface area contributed by atoms with E-state index in [1.807, 2.05) is 18.4 Å². The number of amides is 2. The number of aryl methyl sites for hydroxylation is 1. The topological polar surface area (TPSA) is 71.1 Å². The first-order valence-corrected chi connectivity index (χ1v) is 10.2. The SMILES string of the molecule is Cc1nc(-c2cccc(NC(=O)C(NC(=O)c3c(F)cccc3F)C(C)C)c2)cs1. The molecule has 0 saturated heterocycles. The van der Waals surface area contributed by atoms with Crippen molar-refractivity contribution < 1.29 is 18.4 Å². The molecule has 0 aliphatic rings. The number of rotatable bonds is 6. The molecular formula is C22H21F2N3O2S. The van der Waals surface area contributed by atoms with E-state index in [1.165, 1.54) is 17.4 Å². The Labute approximate surface area is 177 Å². The number of nitrogens with zero attached hydrogens (tertiary/aromatic N) is 1. The highest BCUT2D eigenvalue weighted by molar-refractivity contribution is 7.09. The van der Waals surface area contributed by atoms with Crippen LogP contribution in [0.4, 0.5) is 14.5 Å². The van der Waals surface area contributed by atoms with Gasteiger partial charge >= 0.3 is 0 Å². The molecule has 3 rings (SSSR count). The van der Waals surface area contributed by atoms with Crippen LogP contribution >= 0.6 is 11.3 Å². The Morgan fingerprint density at radius 1 is 1.07 bits per heavy atom. The zero-order valence-electron chi connectivity index (χ0n) is 16.7. The average Bonchev–Trinajstić information content (AvgIpc) is 3.12. The lowest BCUT2D eigenvalue weighted by atomic mass is 10.0. The second kappa shape index (κ2) is 9.13. The number of hydrogen-bond acceptors (Lipinski definition) is 4. The summed E-state index contributed by atoms with van der Waals surface area (Å²) in [5.41, 5.74) is 1.46. The largest absolute Gasteiger partial charge is 0.340 e. The Morgan fingerprint density at radius 2 is 1.73 bits per heavy atom. The van der Waals surface area contributed by atoms with Crippen molar-refractivity contribution in [3.05, 3.63) is 70.1 Å². The fraction of sp³-hybridized carbons (Fsp3) is 0.227. The molecule has 30 heavy (non-hydrogen) atoms. The van der Waals surface area contributed by atoms with Gasteiger partial charge in [0.2, 0.25) is 5.91 Å². The van der Waals surface area contributed by atoms with E-state index in [2.05, 4.69) is 15.6 Å². The molecule has 2 N–H and O–H groups in total. The second-order valence-electron chi connectivity index (χ2n) is 7.11. The zero-order valence-corrected chi connectivity index (χ0v) is 17.5. The summed E-state index contributed by atoms with van der Waals surface area (Å²) < 4.78 is 27.8. The van der Waals surface area contributed by atoms with Gasteiger partial charge < -0.3 is 10.6 Å². The fourth-order valence-electron chi connectivity index (χ4n) is 2.94. The van der Waals surface area contributed by atoms with Crippen LogP contribution in [0.5, 0.6) is 0 Å². The van der Waals surface area contributed by atoms with Gasteiger partial charge in [-0.15, -0.1) is 11.3 Å². The number of carbonyl (C=O) groups is 2. The number of aromatic nitrogens is 1. The first-order valence-electron chi connectivity index (χ1n) is 9.34. The maximum absolute atomic E-state index is 13.9. The molecule has 1 aromatic heterocycles. The van der Waals surface area contributed by atoms with Gasteiger partial charge in [-0.05, 0) is 37.1 Å². The van der Waals surface area contributed by atoms with Gasteiger partial charge in [0, 0.05) is 16.6 Å². The highest BCUT2D eigenvalue weighted by Crippen LogP contribution is 2.24. The van der Waals surface area contributed by atoms with Crippen molar-refractivity contribution in [1.29, 1.82) is 0 Å². The standard InChI is InChI=1S/C22H21F2N3O2S/c1-12(2)20(27-21(28)19-16(23)8-5-9-17(19)24)22(29)26-15-7-4-6-14(10-15)18-11-30-13(3)25-18/h4-12,20H,1-3H3,(H,26,29)(H,27,28). The molecule has 1 atom stereocenters.